The van der Waals surface area contributed by atoms with Gasteiger partial charge in [0.25, 0.3) is 0 Å². The van der Waals surface area contributed by atoms with Crippen molar-refractivity contribution >= 4 is 0 Å². The molecule has 6 heteroatoms. The van der Waals surface area contributed by atoms with Crippen molar-refractivity contribution in [2.24, 2.45) is 11.8 Å². The van der Waals surface area contributed by atoms with Gasteiger partial charge in [0, 0.05) is 19.1 Å². The molecular formula is C13H20F3N3. The van der Waals surface area contributed by atoms with Crippen molar-refractivity contribution < 1.29 is 13.2 Å². The van der Waals surface area contributed by atoms with Crippen LogP contribution in [0.25, 0.3) is 0 Å². The minimum atomic E-state index is -4.41. The molecule has 3 nitrogen and oxygen atoms in total. The second-order valence-electron chi connectivity index (χ2n) is 5.62. The van der Waals surface area contributed by atoms with Crippen LogP contribution in [0.1, 0.15) is 25.7 Å². The van der Waals surface area contributed by atoms with Crippen LogP contribution in [-0.4, -0.2) is 43.3 Å². The highest BCUT2D eigenvalue weighted by Crippen LogP contribution is 2.33. The summed E-state index contributed by atoms with van der Waals surface area (Å²) in [4.78, 5) is 1.89. The summed E-state index contributed by atoms with van der Waals surface area (Å²) in [5, 5.41) is 12.0. The van der Waals surface area contributed by atoms with Crippen LogP contribution in [0.15, 0.2) is 0 Å². The van der Waals surface area contributed by atoms with E-state index in [0.29, 0.717) is 12.5 Å². The predicted molar refractivity (Wildman–Crippen MR) is 65.3 cm³/mol. The van der Waals surface area contributed by atoms with Crippen molar-refractivity contribution in [1.82, 2.24) is 10.2 Å². The summed E-state index contributed by atoms with van der Waals surface area (Å²) in [6, 6.07) is 1.67. The number of rotatable bonds is 5. The van der Waals surface area contributed by atoms with Gasteiger partial charge in [0.1, 0.15) is 0 Å². The lowest BCUT2D eigenvalue weighted by Gasteiger charge is -2.31. The van der Waals surface area contributed by atoms with Crippen LogP contribution in [-0.2, 0) is 0 Å². The second-order valence-corrected chi connectivity index (χ2v) is 5.62. The number of alkyl halides is 3. The molecule has 0 spiro atoms. The predicted octanol–water partition coefficient (Wildman–Crippen LogP) is 2.15. The van der Waals surface area contributed by atoms with Gasteiger partial charge in [0.05, 0.1) is 6.07 Å². The monoisotopic (exact) mass is 275 g/mol. The molecule has 2 atom stereocenters. The molecule has 19 heavy (non-hydrogen) atoms. The fourth-order valence-electron chi connectivity index (χ4n) is 2.68. The number of hydrogen-bond acceptors (Lipinski definition) is 3. The molecule has 0 radical (unpaired) electrons. The molecule has 1 saturated heterocycles. The SMILES string of the molecule is N#CC(CN(CC1CCCNC1)C1CC1)C(F)(F)F. The van der Waals surface area contributed by atoms with Gasteiger partial charge in [-0.1, -0.05) is 0 Å². The zero-order valence-electron chi connectivity index (χ0n) is 10.9. The van der Waals surface area contributed by atoms with Crippen LogP contribution >= 0.6 is 0 Å². The van der Waals surface area contributed by atoms with Crippen LogP contribution in [0.2, 0.25) is 0 Å². The van der Waals surface area contributed by atoms with Crippen molar-refractivity contribution in [2.75, 3.05) is 26.2 Å². The molecule has 0 aromatic rings. The lowest BCUT2D eigenvalue weighted by molar-refractivity contribution is -0.163. The number of nitriles is 1. The molecule has 0 aromatic heterocycles. The first kappa shape index (κ1) is 14.6. The van der Waals surface area contributed by atoms with E-state index in [1.165, 1.54) is 6.07 Å². The van der Waals surface area contributed by atoms with Gasteiger partial charge in [-0.2, -0.15) is 18.4 Å². The van der Waals surface area contributed by atoms with Gasteiger partial charge in [-0.25, -0.2) is 0 Å². The Morgan fingerprint density at radius 1 is 1.32 bits per heavy atom. The largest absolute Gasteiger partial charge is 0.405 e. The average Bonchev–Trinajstić information content (AvgIpc) is 3.18. The van der Waals surface area contributed by atoms with Gasteiger partial charge in [0.2, 0.25) is 0 Å². The maximum Gasteiger partial charge on any atom is 0.405 e. The average molecular weight is 275 g/mol. The summed E-state index contributed by atoms with van der Waals surface area (Å²) >= 11 is 0. The standard InChI is InChI=1S/C13H20F3N3/c14-13(15,16)11(6-17)9-19(12-3-4-12)8-10-2-1-5-18-7-10/h10-12,18H,1-5,7-9H2. The van der Waals surface area contributed by atoms with E-state index in [1.807, 2.05) is 4.90 Å². The van der Waals surface area contributed by atoms with E-state index in [9.17, 15) is 13.2 Å². The molecule has 2 fully saturated rings. The maximum atomic E-state index is 12.7. The summed E-state index contributed by atoms with van der Waals surface area (Å²) in [5.41, 5.74) is 0. The van der Waals surface area contributed by atoms with Crippen molar-refractivity contribution in [3.8, 4) is 6.07 Å². The normalized spacial score (nSPS) is 26.2. The zero-order valence-corrected chi connectivity index (χ0v) is 10.9. The molecule has 0 amide bonds. The van der Waals surface area contributed by atoms with E-state index >= 15 is 0 Å². The number of nitrogens with zero attached hydrogens (tertiary/aromatic N) is 2. The Kier molecular flexibility index (Phi) is 4.69. The van der Waals surface area contributed by atoms with E-state index in [-0.39, 0.29) is 12.6 Å². The summed E-state index contributed by atoms with van der Waals surface area (Å²) < 4.78 is 38.0. The molecule has 1 saturated carbocycles. The molecule has 1 aliphatic carbocycles. The third-order valence-electron chi connectivity index (χ3n) is 3.92. The van der Waals surface area contributed by atoms with E-state index in [4.69, 9.17) is 5.26 Å². The minimum absolute atomic E-state index is 0.166. The Morgan fingerprint density at radius 3 is 2.53 bits per heavy atom. The first-order chi connectivity index (χ1) is 9.00. The smallest absolute Gasteiger partial charge is 0.316 e. The van der Waals surface area contributed by atoms with E-state index in [1.54, 1.807) is 0 Å². The lowest BCUT2D eigenvalue weighted by Crippen LogP contribution is -2.43. The Bertz CT molecular complexity index is 327. The number of nitrogens with one attached hydrogen (secondary N) is 1. The quantitative estimate of drug-likeness (QED) is 0.835. The highest BCUT2D eigenvalue weighted by atomic mass is 19.4. The number of piperidine rings is 1. The lowest BCUT2D eigenvalue weighted by atomic mass is 9.98. The molecule has 1 N–H and O–H groups in total. The number of hydrogen-bond donors (Lipinski definition) is 1. The van der Waals surface area contributed by atoms with Crippen molar-refractivity contribution in [2.45, 2.75) is 37.9 Å². The summed E-state index contributed by atoms with van der Waals surface area (Å²) in [6.45, 7) is 2.41. The summed E-state index contributed by atoms with van der Waals surface area (Å²) in [7, 11) is 0. The Hall–Kier alpha value is -0.800. The Balaban J connectivity index is 1.90. The highest BCUT2D eigenvalue weighted by Gasteiger charge is 2.43. The van der Waals surface area contributed by atoms with Crippen LogP contribution in [0, 0.1) is 23.2 Å². The van der Waals surface area contributed by atoms with Gasteiger partial charge in [0.15, 0.2) is 5.92 Å². The van der Waals surface area contributed by atoms with Gasteiger partial charge in [-0.05, 0) is 44.7 Å². The first-order valence-electron chi connectivity index (χ1n) is 6.92. The van der Waals surface area contributed by atoms with Crippen LogP contribution in [0.5, 0.6) is 0 Å². The van der Waals surface area contributed by atoms with Gasteiger partial charge >= 0.3 is 6.18 Å². The van der Waals surface area contributed by atoms with E-state index < -0.39 is 12.1 Å². The molecule has 0 aromatic carbocycles. The molecule has 1 heterocycles. The minimum Gasteiger partial charge on any atom is -0.316 e. The van der Waals surface area contributed by atoms with E-state index in [2.05, 4.69) is 5.32 Å². The first-order valence-corrected chi connectivity index (χ1v) is 6.92. The Morgan fingerprint density at radius 2 is 2.05 bits per heavy atom. The van der Waals surface area contributed by atoms with Crippen molar-refractivity contribution in [3.63, 3.8) is 0 Å². The fourth-order valence-corrected chi connectivity index (χ4v) is 2.68. The second kappa shape index (κ2) is 6.10. The summed E-state index contributed by atoms with van der Waals surface area (Å²) in [5.74, 6) is -1.44. The van der Waals surface area contributed by atoms with Crippen molar-refractivity contribution in [3.05, 3.63) is 0 Å². The molecule has 2 aliphatic rings. The maximum absolute atomic E-state index is 12.7. The molecule has 2 unspecified atom stereocenters. The topological polar surface area (TPSA) is 39.1 Å². The Labute approximate surface area is 111 Å². The molecule has 108 valence electrons. The van der Waals surface area contributed by atoms with Gasteiger partial charge in [-0.3, -0.25) is 4.90 Å². The van der Waals surface area contributed by atoms with E-state index in [0.717, 1.165) is 38.8 Å². The molecular weight excluding hydrogens is 255 g/mol. The van der Waals surface area contributed by atoms with Gasteiger partial charge in [-0.15, -0.1) is 0 Å². The third kappa shape index (κ3) is 4.36. The zero-order chi connectivity index (χ0) is 13.9. The fraction of sp³-hybridized carbons (Fsp3) is 0.923. The van der Waals surface area contributed by atoms with Crippen LogP contribution in [0.3, 0.4) is 0 Å². The molecule has 0 bridgehead atoms. The van der Waals surface area contributed by atoms with Crippen LogP contribution in [0.4, 0.5) is 13.2 Å². The molecule has 2 rings (SSSR count). The van der Waals surface area contributed by atoms with Crippen LogP contribution < -0.4 is 5.32 Å². The summed E-state index contributed by atoms with van der Waals surface area (Å²) in [6.07, 6.45) is -0.317. The molecule has 1 aliphatic heterocycles. The van der Waals surface area contributed by atoms with Gasteiger partial charge < -0.3 is 5.32 Å². The highest BCUT2D eigenvalue weighted by molar-refractivity contribution is 4.95. The number of halogens is 3. The van der Waals surface area contributed by atoms with Crippen molar-refractivity contribution in [1.29, 1.82) is 5.26 Å². The third-order valence-corrected chi connectivity index (χ3v) is 3.92.